The monoisotopic (exact) mass is 478 g/mol. The molecule has 0 saturated carbocycles. The molecule has 0 bridgehead atoms. The molecule has 30 heavy (non-hydrogen) atoms. The Hall–Kier alpha value is -1.93. The second-order valence-electron chi connectivity index (χ2n) is 7.20. The number of carbonyl (C=O) groups excluding carboxylic acids is 1. The summed E-state index contributed by atoms with van der Waals surface area (Å²) in [5.41, 5.74) is 1.65. The summed E-state index contributed by atoms with van der Waals surface area (Å²) in [6, 6.07) is 12.9. The molecular weight excluding hydrogens is 463 g/mol. The van der Waals surface area contributed by atoms with Gasteiger partial charge in [-0.1, -0.05) is 52.7 Å². The van der Waals surface area contributed by atoms with Crippen molar-refractivity contribution < 1.29 is 9.53 Å². The third kappa shape index (κ3) is 3.54. The quantitative estimate of drug-likeness (QED) is 0.568. The van der Waals surface area contributed by atoms with Gasteiger partial charge in [0.2, 0.25) is 5.91 Å². The Labute approximate surface area is 191 Å². The first-order valence-electron chi connectivity index (χ1n) is 9.34. The first kappa shape index (κ1) is 20.0. The van der Waals surface area contributed by atoms with E-state index >= 15 is 0 Å². The molecule has 3 aromatic rings. The summed E-state index contributed by atoms with van der Waals surface area (Å²) in [7, 11) is 0. The third-order valence-corrected chi connectivity index (χ3v) is 8.51. The van der Waals surface area contributed by atoms with E-state index in [9.17, 15) is 9.59 Å². The van der Waals surface area contributed by atoms with Gasteiger partial charge in [-0.25, -0.2) is 0 Å². The molecule has 0 saturated heterocycles. The van der Waals surface area contributed by atoms with Gasteiger partial charge in [-0.05, 0) is 24.3 Å². The highest BCUT2D eigenvalue weighted by atomic mass is 35.5. The van der Waals surface area contributed by atoms with Gasteiger partial charge in [0.05, 0.1) is 21.7 Å². The molecule has 9 heteroatoms. The number of nitrogens with one attached hydrogen (secondary N) is 1. The van der Waals surface area contributed by atoms with E-state index in [1.54, 1.807) is 34.5 Å². The van der Waals surface area contributed by atoms with Crippen LogP contribution in [0, 0.1) is 5.92 Å². The third-order valence-electron chi connectivity index (χ3n) is 5.27. The Morgan fingerprint density at radius 1 is 1.20 bits per heavy atom. The summed E-state index contributed by atoms with van der Waals surface area (Å²) in [5, 5.41) is 4.45. The van der Waals surface area contributed by atoms with Crippen molar-refractivity contribution in [2.24, 2.45) is 5.92 Å². The van der Waals surface area contributed by atoms with Crippen LogP contribution in [0.4, 0.5) is 5.69 Å². The number of halogens is 2. The maximum absolute atomic E-state index is 12.8. The van der Waals surface area contributed by atoms with E-state index in [-0.39, 0.29) is 23.2 Å². The fourth-order valence-electron chi connectivity index (χ4n) is 3.91. The standard InChI is InChI=1S/C21H16Cl2N2O3S2/c22-14-6-5-12(7-15(14)23)24-17(26)8-25-20-19(30-21(25)27)18-11(10-29-20)9-28-16-4-2-1-3-13(16)18/h1-7,11,18H,8-10H2,(H,24,26)/t11-,18+/m1/s1. The molecule has 1 N–H and O–H groups in total. The van der Waals surface area contributed by atoms with Crippen LogP contribution in [-0.2, 0) is 11.3 Å². The van der Waals surface area contributed by atoms with Crippen LogP contribution in [-0.4, -0.2) is 22.8 Å². The van der Waals surface area contributed by atoms with Crippen molar-refractivity contribution in [3.05, 3.63) is 72.6 Å². The molecule has 0 aliphatic carbocycles. The average Bonchev–Trinajstić information content (AvgIpc) is 3.05. The van der Waals surface area contributed by atoms with E-state index in [4.69, 9.17) is 27.9 Å². The smallest absolute Gasteiger partial charge is 0.308 e. The van der Waals surface area contributed by atoms with Crippen LogP contribution >= 0.6 is 46.3 Å². The fraction of sp³-hybridized carbons (Fsp3) is 0.238. The number of aromatic nitrogens is 1. The molecule has 5 nitrogen and oxygen atoms in total. The van der Waals surface area contributed by atoms with E-state index in [0.717, 1.165) is 27.0 Å². The predicted octanol–water partition coefficient (Wildman–Crippen LogP) is 5.10. The number of thioether (sulfide) groups is 1. The number of amides is 1. The minimum Gasteiger partial charge on any atom is -0.493 e. The lowest BCUT2D eigenvalue weighted by molar-refractivity contribution is -0.116. The van der Waals surface area contributed by atoms with Crippen LogP contribution in [0.5, 0.6) is 5.75 Å². The molecule has 2 aliphatic rings. The summed E-state index contributed by atoms with van der Waals surface area (Å²) in [6.45, 7) is 0.589. The Morgan fingerprint density at radius 2 is 2.03 bits per heavy atom. The highest BCUT2D eigenvalue weighted by Crippen LogP contribution is 2.50. The van der Waals surface area contributed by atoms with E-state index in [1.807, 2.05) is 18.2 Å². The maximum atomic E-state index is 12.8. The Morgan fingerprint density at radius 3 is 2.87 bits per heavy atom. The van der Waals surface area contributed by atoms with Gasteiger partial charge in [0.15, 0.2) is 0 Å². The van der Waals surface area contributed by atoms with Gasteiger partial charge in [-0.15, -0.1) is 11.8 Å². The summed E-state index contributed by atoms with van der Waals surface area (Å²) in [5.74, 6) is 1.88. The lowest BCUT2D eigenvalue weighted by Crippen LogP contribution is -2.31. The van der Waals surface area contributed by atoms with Crippen molar-refractivity contribution in [2.45, 2.75) is 17.5 Å². The van der Waals surface area contributed by atoms with Crippen molar-refractivity contribution in [3.8, 4) is 5.75 Å². The van der Waals surface area contributed by atoms with Gasteiger partial charge >= 0.3 is 4.87 Å². The van der Waals surface area contributed by atoms with E-state index in [1.165, 1.54) is 11.3 Å². The van der Waals surface area contributed by atoms with Crippen LogP contribution in [0.1, 0.15) is 16.4 Å². The van der Waals surface area contributed by atoms with Gasteiger partial charge in [0.1, 0.15) is 12.3 Å². The van der Waals surface area contributed by atoms with Crippen molar-refractivity contribution in [3.63, 3.8) is 0 Å². The van der Waals surface area contributed by atoms with Gasteiger partial charge in [0.25, 0.3) is 0 Å². The molecule has 0 unspecified atom stereocenters. The molecule has 2 aliphatic heterocycles. The van der Waals surface area contributed by atoms with E-state index < -0.39 is 0 Å². The molecule has 1 amide bonds. The number of hydrogen-bond donors (Lipinski definition) is 1. The largest absolute Gasteiger partial charge is 0.493 e. The van der Waals surface area contributed by atoms with Crippen LogP contribution in [0.2, 0.25) is 10.0 Å². The summed E-state index contributed by atoms with van der Waals surface area (Å²) in [6.07, 6.45) is 0. The number of thiazole rings is 1. The van der Waals surface area contributed by atoms with E-state index in [2.05, 4.69) is 11.4 Å². The SMILES string of the molecule is O=C(Cn1c2c(sc1=O)[C@@H]1c3ccccc3OC[C@@H]1CS2)Nc1ccc(Cl)c(Cl)c1. The van der Waals surface area contributed by atoms with E-state index in [0.29, 0.717) is 28.3 Å². The number of anilines is 1. The lowest BCUT2D eigenvalue weighted by atomic mass is 9.84. The topological polar surface area (TPSA) is 60.3 Å². The summed E-state index contributed by atoms with van der Waals surface area (Å²) in [4.78, 5) is 26.3. The molecule has 154 valence electrons. The number of fused-ring (bicyclic) bond motifs is 5. The Balaban J connectivity index is 1.44. The molecule has 1 aromatic heterocycles. The van der Waals surface area contributed by atoms with Crippen molar-refractivity contribution in [2.75, 3.05) is 17.7 Å². The molecular formula is C21H16Cl2N2O3S2. The normalized spacial score (nSPS) is 19.3. The number of carbonyl (C=O) groups is 1. The second kappa shape index (κ2) is 7.96. The Kier molecular flexibility index (Phi) is 5.31. The zero-order valence-electron chi connectivity index (χ0n) is 15.6. The van der Waals surface area contributed by atoms with Gasteiger partial charge in [-0.2, -0.15) is 0 Å². The molecule has 2 aromatic carbocycles. The Bertz CT molecular complexity index is 1210. The van der Waals surface area contributed by atoms with Crippen molar-refractivity contribution in [1.29, 1.82) is 0 Å². The summed E-state index contributed by atoms with van der Waals surface area (Å²) < 4.78 is 7.49. The predicted molar refractivity (Wildman–Crippen MR) is 122 cm³/mol. The first-order chi connectivity index (χ1) is 14.5. The first-order valence-corrected chi connectivity index (χ1v) is 11.9. The van der Waals surface area contributed by atoms with Gasteiger partial charge in [0, 0.05) is 33.7 Å². The lowest BCUT2D eigenvalue weighted by Gasteiger charge is -2.36. The number of nitrogens with zero attached hydrogens (tertiary/aromatic N) is 1. The highest BCUT2D eigenvalue weighted by Gasteiger charge is 2.39. The van der Waals surface area contributed by atoms with Crippen LogP contribution in [0.3, 0.4) is 0 Å². The second-order valence-corrected chi connectivity index (χ2v) is 10.0. The number of hydrogen-bond acceptors (Lipinski definition) is 5. The van der Waals surface area contributed by atoms with Crippen LogP contribution < -0.4 is 14.9 Å². The minimum atomic E-state index is -0.286. The zero-order chi connectivity index (χ0) is 20.8. The van der Waals surface area contributed by atoms with Gasteiger partial charge < -0.3 is 10.1 Å². The molecule has 5 rings (SSSR count). The highest BCUT2D eigenvalue weighted by molar-refractivity contribution is 7.99. The molecule has 0 fully saturated rings. The fourth-order valence-corrected chi connectivity index (χ4v) is 6.90. The average molecular weight is 479 g/mol. The zero-order valence-corrected chi connectivity index (χ0v) is 18.7. The number of benzene rings is 2. The molecule has 0 radical (unpaired) electrons. The molecule has 0 spiro atoms. The number of para-hydroxylation sites is 1. The van der Waals surface area contributed by atoms with Crippen LogP contribution in [0.25, 0.3) is 0 Å². The number of ether oxygens (including phenoxy) is 1. The molecule has 3 heterocycles. The van der Waals surface area contributed by atoms with Gasteiger partial charge in [-0.3, -0.25) is 14.2 Å². The number of rotatable bonds is 3. The summed E-state index contributed by atoms with van der Waals surface area (Å²) >= 11 is 14.8. The maximum Gasteiger partial charge on any atom is 0.308 e. The van der Waals surface area contributed by atoms with Crippen molar-refractivity contribution in [1.82, 2.24) is 4.57 Å². The van der Waals surface area contributed by atoms with Crippen LogP contribution in [0.15, 0.2) is 52.3 Å². The minimum absolute atomic E-state index is 0.0482. The van der Waals surface area contributed by atoms with Crippen molar-refractivity contribution >= 4 is 57.9 Å². The molecule has 2 atom stereocenters.